The number of piperidine rings is 1. The zero-order valence-corrected chi connectivity index (χ0v) is 27.9. The van der Waals surface area contributed by atoms with E-state index in [1.807, 2.05) is 6.08 Å². The maximum Gasteiger partial charge on any atom is 0.309 e. The molecule has 0 aromatic rings. The van der Waals surface area contributed by atoms with Crippen LogP contribution in [0.2, 0.25) is 0 Å². The van der Waals surface area contributed by atoms with Gasteiger partial charge in [0.15, 0.2) is 0 Å². The molecule has 0 aromatic heterocycles. The lowest BCUT2D eigenvalue weighted by Crippen LogP contribution is -2.35. The van der Waals surface area contributed by atoms with Crippen molar-refractivity contribution in [1.29, 1.82) is 0 Å². The molecular weight excluding hydrogens is 522 g/mol. The van der Waals surface area contributed by atoms with Crippen LogP contribution < -0.4 is 0 Å². The summed E-state index contributed by atoms with van der Waals surface area (Å²) in [6, 6.07) is 0. The maximum atomic E-state index is 12.9. The second-order valence-corrected chi connectivity index (χ2v) is 12.6. The number of carbonyl (C=O) groups excluding carboxylic acids is 2. The average molecular weight is 590 g/mol. The Labute approximate surface area is 260 Å². The fraction of sp³-hybridized carbons (Fsp3) is 0.838. The molecular formula is C37H67NO4. The van der Waals surface area contributed by atoms with Gasteiger partial charge in [0.1, 0.15) is 12.7 Å². The molecule has 5 nitrogen and oxygen atoms in total. The molecule has 1 fully saturated rings. The van der Waals surface area contributed by atoms with Gasteiger partial charge in [0.05, 0.1) is 5.92 Å². The van der Waals surface area contributed by atoms with Gasteiger partial charge in [-0.2, -0.15) is 0 Å². The largest absolute Gasteiger partial charge is 0.462 e. The standard InChI is InChI=1S/C37H67NO4/c1-4-6-8-10-12-14-18-22-26-35(42-37(40)34-29-31-38(3)32-30-34)27-23-19-15-16-20-24-28-36(39)41-33-25-21-17-13-11-9-7-5-2/h11,13,21,25,34-35H,4-10,12,14-20,22-24,26-33H2,1-3H3/b13-11-,25-21-. The van der Waals surface area contributed by atoms with Crippen molar-refractivity contribution >= 4 is 11.9 Å². The van der Waals surface area contributed by atoms with Gasteiger partial charge in [-0.3, -0.25) is 9.59 Å². The van der Waals surface area contributed by atoms with Crippen LogP contribution in [0.15, 0.2) is 24.3 Å². The van der Waals surface area contributed by atoms with Crippen LogP contribution in [-0.4, -0.2) is 49.7 Å². The van der Waals surface area contributed by atoms with Crippen LogP contribution in [0.25, 0.3) is 0 Å². The number of allylic oxidation sites excluding steroid dienone is 3. The molecule has 42 heavy (non-hydrogen) atoms. The highest BCUT2D eigenvalue weighted by molar-refractivity contribution is 5.72. The second kappa shape index (κ2) is 28.2. The molecule has 5 heteroatoms. The number of unbranched alkanes of at least 4 members (excludes halogenated alkanes) is 14. The molecule has 1 aliphatic rings. The Morgan fingerprint density at radius 3 is 1.88 bits per heavy atom. The molecule has 0 spiro atoms. The van der Waals surface area contributed by atoms with Gasteiger partial charge >= 0.3 is 11.9 Å². The first-order valence-electron chi connectivity index (χ1n) is 17.9. The van der Waals surface area contributed by atoms with Crippen molar-refractivity contribution in [1.82, 2.24) is 4.90 Å². The van der Waals surface area contributed by atoms with Gasteiger partial charge in [-0.05, 0) is 77.9 Å². The Bertz CT molecular complexity index is 696. The van der Waals surface area contributed by atoms with Gasteiger partial charge in [-0.15, -0.1) is 0 Å². The first kappa shape index (κ1) is 38.4. The Hall–Kier alpha value is -1.62. The summed E-state index contributed by atoms with van der Waals surface area (Å²) in [5.41, 5.74) is 0. The fourth-order valence-corrected chi connectivity index (χ4v) is 5.61. The molecule has 244 valence electrons. The summed E-state index contributed by atoms with van der Waals surface area (Å²) in [7, 11) is 2.13. The minimum Gasteiger partial charge on any atom is -0.462 e. The molecule has 0 amide bonds. The van der Waals surface area contributed by atoms with Crippen LogP contribution in [0.4, 0.5) is 0 Å². The molecule has 1 heterocycles. The van der Waals surface area contributed by atoms with Crippen LogP contribution >= 0.6 is 0 Å². The Morgan fingerprint density at radius 2 is 1.26 bits per heavy atom. The summed E-state index contributed by atoms with van der Waals surface area (Å²) in [5.74, 6) is 0.0464. The van der Waals surface area contributed by atoms with Gasteiger partial charge in [0.2, 0.25) is 0 Å². The van der Waals surface area contributed by atoms with E-state index in [0.29, 0.717) is 13.0 Å². The molecule has 1 saturated heterocycles. The van der Waals surface area contributed by atoms with Crippen molar-refractivity contribution in [3.63, 3.8) is 0 Å². The van der Waals surface area contributed by atoms with E-state index in [9.17, 15) is 9.59 Å². The number of nitrogens with zero attached hydrogens (tertiary/aromatic N) is 1. The molecule has 1 atom stereocenters. The topological polar surface area (TPSA) is 55.8 Å². The third kappa shape index (κ3) is 22.9. The lowest BCUT2D eigenvalue weighted by atomic mass is 9.97. The van der Waals surface area contributed by atoms with E-state index in [1.54, 1.807) is 0 Å². The Morgan fingerprint density at radius 1 is 0.714 bits per heavy atom. The van der Waals surface area contributed by atoms with Crippen molar-refractivity contribution in [2.24, 2.45) is 5.92 Å². The predicted molar refractivity (Wildman–Crippen MR) is 178 cm³/mol. The SMILES string of the molecule is CCCC/C=C\C/C=C\COC(=O)CCCCCCCCC(CCCCCCCCCC)OC(=O)C1CCN(C)CC1. The quantitative estimate of drug-likeness (QED) is 0.0542. The number of carbonyl (C=O) groups is 2. The predicted octanol–water partition coefficient (Wildman–Crippen LogP) is 10.1. The molecule has 0 saturated carbocycles. The van der Waals surface area contributed by atoms with Crippen molar-refractivity contribution in [2.45, 2.75) is 168 Å². The molecule has 0 radical (unpaired) electrons. The monoisotopic (exact) mass is 590 g/mol. The van der Waals surface area contributed by atoms with Gasteiger partial charge in [-0.25, -0.2) is 0 Å². The zero-order chi connectivity index (χ0) is 30.5. The number of esters is 2. The highest BCUT2D eigenvalue weighted by atomic mass is 16.5. The first-order chi connectivity index (χ1) is 20.6. The lowest BCUT2D eigenvalue weighted by molar-refractivity contribution is -0.156. The number of rotatable bonds is 27. The summed E-state index contributed by atoms with van der Waals surface area (Å²) < 4.78 is 11.4. The Balaban J connectivity index is 2.16. The summed E-state index contributed by atoms with van der Waals surface area (Å²) in [4.78, 5) is 27.1. The molecule has 1 unspecified atom stereocenters. The van der Waals surface area contributed by atoms with E-state index in [1.165, 1.54) is 77.0 Å². The highest BCUT2D eigenvalue weighted by Crippen LogP contribution is 2.22. The molecule has 0 aliphatic carbocycles. The number of hydrogen-bond donors (Lipinski definition) is 0. The number of likely N-dealkylation sites (tertiary alicyclic amines) is 1. The van der Waals surface area contributed by atoms with E-state index in [4.69, 9.17) is 9.47 Å². The minimum atomic E-state index is -0.0895. The minimum absolute atomic E-state index is 0.0503. The zero-order valence-electron chi connectivity index (χ0n) is 27.9. The molecule has 1 aliphatic heterocycles. The van der Waals surface area contributed by atoms with Gasteiger partial charge in [0.25, 0.3) is 0 Å². The van der Waals surface area contributed by atoms with Crippen LogP contribution in [-0.2, 0) is 19.1 Å². The van der Waals surface area contributed by atoms with Gasteiger partial charge in [-0.1, -0.05) is 122 Å². The van der Waals surface area contributed by atoms with Gasteiger partial charge in [0, 0.05) is 6.42 Å². The second-order valence-electron chi connectivity index (χ2n) is 12.6. The van der Waals surface area contributed by atoms with Crippen molar-refractivity contribution in [3.05, 3.63) is 24.3 Å². The highest BCUT2D eigenvalue weighted by Gasteiger charge is 2.26. The maximum absolute atomic E-state index is 12.9. The van der Waals surface area contributed by atoms with Crippen LogP contribution in [0, 0.1) is 5.92 Å². The summed E-state index contributed by atoms with van der Waals surface area (Å²) in [6.45, 7) is 6.84. The molecule has 0 aromatic carbocycles. The third-order valence-corrected chi connectivity index (χ3v) is 8.54. The van der Waals surface area contributed by atoms with E-state index in [-0.39, 0.29) is 24.0 Å². The molecule has 1 rings (SSSR count). The van der Waals surface area contributed by atoms with Crippen LogP contribution in [0.5, 0.6) is 0 Å². The first-order valence-corrected chi connectivity index (χ1v) is 17.9. The third-order valence-electron chi connectivity index (χ3n) is 8.54. The lowest BCUT2D eigenvalue weighted by Gasteiger charge is -2.29. The summed E-state index contributed by atoms with van der Waals surface area (Å²) >= 11 is 0. The molecule has 0 N–H and O–H groups in total. The average Bonchev–Trinajstić information content (AvgIpc) is 2.99. The van der Waals surface area contributed by atoms with E-state index in [0.717, 1.165) is 77.3 Å². The van der Waals surface area contributed by atoms with Crippen molar-refractivity contribution < 1.29 is 19.1 Å². The summed E-state index contributed by atoms with van der Waals surface area (Å²) in [5, 5.41) is 0. The Kier molecular flexibility index (Phi) is 25.8. The smallest absolute Gasteiger partial charge is 0.309 e. The number of hydrogen-bond acceptors (Lipinski definition) is 5. The fourth-order valence-electron chi connectivity index (χ4n) is 5.61. The normalized spacial score (nSPS) is 15.5. The van der Waals surface area contributed by atoms with Crippen LogP contribution in [0.1, 0.15) is 162 Å². The van der Waals surface area contributed by atoms with Crippen molar-refractivity contribution in [3.8, 4) is 0 Å². The van der Waals surface area contributed by atoms with Gasteiger partial charge < -0.3 is 14.4 Å². The molecule has 0 bridgehead atoms. The van der Waals surface area contributed by atoms with E-state index in [2.05, 4.69) is 44.0 Å². The number of ether oxygens (including phenoxy) is 2. The summed E-state index contributed by atoms with van der Waals surface area (Å²) in [6.07, 6.45) is 34.4. The van der Waals surface area contributed by atoms with E-state index >= 15 is 0 Å². The van der Waals surface area contributed by atoms with E-state index < -0.39 is 0 Å². The van der Waals surface area contributed by atoms with Crippen LogP contribution in [0.3, 0.4) is 0 Å². The van der Waals surface area contributed by atoms with Crippen molar-refractivity contribution in [2.75, 3.05) is 26.7 Å².